The molecular formula is C17H22FN3O2. The van der Waals surface area contributed by atoms with Crippen LogP contribution in [0.2, 0.25) is 0 Å². The van der Waals surface area contributed by atoms with Crippen molar-refractivity contribution < 1.29 is 14.3 Å². The molecule has 1 unspecified atom stereocenters. The van der Waals surface area contributed by atoms with E-state index in [1.165, 1.54) is 24.3 Å². The Morgan fingerprint density at radius 2 is 2.00 bits per heavy atom. The molecule has 2 aromatic rings. The molecule has 0 aliphatic rings. The predicted molar refractivity (Wildman–Crippen MR) is 85.4 cm³/mol. The number of aliphatic hydroxyl groups is 1. The number of nitrogens with one attached hydrogen (secondary N) is 1. The van der Waals surface area contributed by atoms with Crippen LogP contribution in [0.1, 0.15) is 35.0 Å². The van der Waals surface area contributed by atoms with E-state index in [1.807, 2.05) is 20.9 Å². The summed E-state index contributed by atoms with van der Waals surface area (Å²) in [6.45, 7) is 4.01. The lowest BCUT2D eigenvalue weighted by Crippen LogP contribution is -2.28. The standard InChI is InChI=1S/C17H22FN3O2/c1-11-15(12(2)21(3)20-11)8-9-17(23)19-10-16(22)13-4-6-14(18)7-5-13/h4-7,16,22H,8-10H2,1-3H3,(H,19,23). The number of amides is 1. The highest BCUT2D eigenvalue weighted by Gasteiger charge is 2.13. The first-order chi connectivity index (χ1) is 10.9. The van der Waals surface area contributed by atoms with E-state index < -0.39 is 6.10 Å². The molecule has 6 heteroatoms. The number of aliphatic hydroxyl groups excluding tert-OH is 1. The Balaban J connectivity index is 1.82. The maximum Gasteiger partial charge on any atom is 0.220 e. The van der Waals surface area contributed by atoms with Crippen molar-refractivity contribution in [2.75, 3.05) is 6.54 Å². The Hall–Kier alpha value is -2.21. The van der Waals surface area contributed by atoms with Crippen LogP contribution in [0.25, 0.3) is 0 Å². The lowest BCUT2D eigenvalue weighted by molar-refractivity contribution is -0.121. The first-order valence-corrected chi connectivity index (χ1v) is 7.57. The number of aromatic nitrogens is 2. The minimum Gasteiger partial charge on any atom is -0.387 e. The molecule has 0 saturated heterocycles. The third kappa shape index (κ3) is 4.39. The van der Waals surface area contributed by atoms with Gasteiger partial charge in [0.15, 0.2) is 0 Å². The van der Waals surface area contributed by atoms with Crippen LogP contribution >= 0.6 is 0 Å². The number of hydrogen-bond donors (Lipinski definition) is 2. The highest BCUT2D eigenvalue weighted by molar-refractivity contribution is 5.76. The second-order valence-electron chi connectivity index (χ2n) is 5.64. The van der Waals surface area contributed by atoms with Gasteiger partial charge in [-0.2, -0.15) is 5.10 Å². The summed E-state index contributed by atoms with van der Waals surface area (Å²) < 4.78 is 14.6. The molecule has 0 spiro atoms. The molecule has 1 aromatic heterocycles. The molecule has 1 aromatic carbocycles. The fourth-order valence-electron chi connectivity index (χ4n) is 2.52. The van der Waals surface area contributed by atoms with Crippen molar-refractivity contribution in [3.63, 3.8) is 0 Å². The number of aryl methyl sites for hydroxylation is 2. The molecule has 2 rings (SSSR count). The lowest BCUT2D eigenvalue weighted by Gasteiger charge is -2.12. The summed E-state index contributed by atoms with van der Waals surface area (Å²) in [5.41, 5.74) is 3.65. The molecule has 1 heterocycles. The van der Waals surface area contributed by atoms with Gasteiger partial charge in [0.05, 0.1) is 11.8 Å². The van der Waals surface area contributed by atoms with Crippen LogP contribution in [0.3, 0.4) is 0 Å². The van der Waals surface area contributed by atoms with Crippen molar-refractivity contribution in [2.45, 2.75) is 32.8 Å². The van der Waals surface area contributed by atoms with Crippen LogP contribution < -0.4 is 5.32 Å². The van der Waals surface area contributed by atoms with Gasteiger partial charge < -0.3 is 10.4 Å². The normalized spacial score (nSPS) is 12.2. The highest BCUT2D eigenvalue weighted by atomic mass is 19.1. The van der Waals surface area contributed by atoms with Crippen LogP contribution in [-0.4, -0.2) is 27.3 Å². The molecule has 0 fully saturated rings. The molecule has 1 atom stereocenters. The largest absolute Gasteiger partial charge is 0.387 e. The molecule has 0 aliphatic heterocycles. The Kier molecular flexibility index (Phi) is 5.50. The Labute approximate surface area is 135 Å². The number of benzene rings is 1. The fraction of sp³-hybridized carbons (Fsp3) is 0.412. The van der Waals surface area contributed by atoms with Gasteiger partial charge in [-0.1, -0.05) is 12.1 Å². The SMILES string of the molecule is Cc1nn(C)c(C)c1CCC(=O)NCC(O)c1ccc(F)cc1. The van der Waals surface area contributed by atoms with Gasteiger partial charge >= 0.3 is 0 Å². The number of carbonyl (C=O) groups excluding carboxylic acids is 1. The van der Waals surface area contributed by atoms with Gasteiger partial charge in [0.1, 0.15) is 5.82 Å². The number of hydrogen-bond acceptors (Lipinski definition) is 3. The first-order valence-electron chi connectivity index (χ1n) is 7.57. The highest BCUT2D eigenvalue weighted by Crippen LogP contribution is 2.15. The summed E-state index contributed by atoms with van der Waals surface area (Å²) >= 11 is 0. The van der Waals surface area contributed by atoms with Gasteiger partial charge in [-0.15, -0.1) is 0 Å². The molecule has 0 saturated carbocycles. The maximum absolute atomic E-state index is 12.8. The summed E-state index contributed by atoms with van der Waals surface area (Å²) in [5.74, 6) is -0.485. The Bertz CT molecular complexity index is 680. The number of carbonyl (C=O) groups is 1. The van der Waals surface area contributed by atoms with Crippen molar-refractivity contribution >= 4 is 5.91 Å². The zero-order chi connectivity index (χ0) is 17.0. The van der Waals surface area contributed by atoms with Crippen molar-refractivity contribution in [3.8, 4) is 0 Å². The summed E-state index contributed by atoms with van der Waals surface area (Å²) in [6, 6.07) is 5.59. The van der Waals surface area contributed by atoms with E-state index in [9.17, 15) is 14.3 Å². The minimum atomic E-state index is -0.846. The second kappa shape index (κ2) is 7.37. The average Bonchev–Trinajstić information content (AvgIpc) is 2.76. The number of rotatable bonds is 6. The van der Waals surface area contributed by atoms with Gasteiger partial charge in [0, 0.05) is 25.7 Å². The van der Waals surface area contributed by atoms with Gasteiger partial charge in [-0.25, -0.2) is 4.39 Å². The molecule has 0 bridgehead atoms. The quantitative estimate of drug-likeness (QED) is 0.855. The van der Waals surface area contributed by atoms with Gasteiger partial charge in [-0.3, -0.25) is 9.48 Å². The summed E-state index contributed by atoms with van der Waals surface area (Å²) in [4.78, 5) is 11.9. The molecule has 2 N–H and O–H groups in total. The Morgan fingerprint density at radius 3 is 2.57 bits per heavy atom. The van der Waals surface area contributed by atoms with Crippen LogP contribution in [0.5, 0.6) is 0 Å². The van der Waals surface area contributed by atoms with E-state index in [1.54, 1.807) is 4.68 Å². The van der Waals surface area contributed by atoms with E-state index in [4.69, 9.17) is 0 Å². The van der Waals surface area contributed by atoms with E-state index in [2.05, 4.69) is 10.4 Å². The smallest absolute Gasteiger partial charge is 0.220 e. The molecule has 23 heavy (non-hydrogen) atoms. The number of halogens is 1. The zero-order valence-electron chi connectivity index (χ0n) is 13.6. The monoisotopic (exact) mass is 319 g/mol. The average molecular weight is 319 g/mol. The minimum absolute atomic E-state index is 0.107. The van der Waals surface area contributed by atoms with Crippen molar-refractivity contribution in [1.29, 1.82) is 0 Å². The van der Waals surface area contributed by atoms with Gasteiger partial charge in [-0.05, 0) is 43.5 Å². The molecule has 0 aliphatic carbocycles. The van der Waals surface area contributed by atoms with Crippen LogP contribution in [0, 0.1) is 19.7 Å². The maximum atomic E-state index is 12.8. The van der Waals surface area contributed by atoms with Crippen LogP contribution in [-0.2, 0) is 18.3 Å². The zero-order valence-corrected chi connectivity index (χ0v) is 13.6. The van der Waals surface area contributed by atoms with E-state index in [-0.39, 0.29) is 18.3 Å². The van der Waals surface area contributed by atoms with Crippen molar-refractivity contribution in [2.24, 2.45) is 7.05 Å². The molecule has 1 amide bonds. The second-order valence-corrected chi connectivity index (χ2v) is 5.64. The van der Waals surface area contributed by atoms with E-state index in [0.29, 0.717) is 18.4 Å². The van der Waals surface area contributed by atoms with Gasteiger partial charge in [0.25, 0.3) is 0 Å². The van der Waals surface area contributed by atoms with E-state index >= 15 is 0 Å². The first kappa shape index (κ1) is 17.1. The molecular weight excluding hydrogens is 297 g/mol. The summed E-state index contributed by atoms with van der Waals surface area (Å²) in [6.07, 6.45) is 0.106. The predicted octanol–water partition coefficient (Wildman–Crippen LogP) is 1.96. The fourth-order valence-corrected chi connectivity index (χ4v) is 2.52. The van der Waals surface area contributed by atoms with Crippen LogP contribution in [0.15, 0.2) is 24.3 Å². The van der Waals surface area contributed by atoms with Gasteiger partial charge in [0.2, 0.25) is 5.91 Å². The third-order valence-electron chi connectivity index (χ3n) is 4.01. The van der Waals surface area contributed by atoms with Crippen molar-refractivity contribution in [3.05, 3.63) is 52.6 Å². The topological polar surface area (TPSA) is 67.2 Å². The summed E-state index contributed by atoms with van der Waals surface area (Å²) in [7, 11) is 1.88. The number of nitrogens with zero attached hydrogens (tertiary/aromatic N) is 2. The molecule has 5 nitrogen and oxygen atoms in total. The third-order valence-corrected chi connectivity index (χ3v) is 4.01. The Morgan fingerprint density at radius 1 is 1.35 bits per heavy atom. The molecule has 0 radical (unpaired) electrons. The summed E-state index contributed by atoms with van der Waals surface area (Å²) in [5, 5.41) is 17.0. The van der Waals surface area contributed by atoms with Crippen LogP contribution in [0.4, 0.5) is 4.39 Å². The lowest BCUT2D eigenvalue weighted by atomic mass is 10.1. The van der Waals surface area contributed by atoms with Crippen molar-refractivity contribution in [1.82, 2.24) is 15.1 Å². The van der Waals surface area contributed by atoms with E-state index in [0.717, 1.165) is 17.0 Å². The molecule has 124 valence electrons.